The first-order valence-corrected chi connectivity index (χ1v) is 5.70. The summed E-state index contributed by atoms with van der Waals surface area (Å²) in [5.41, 5.74) is -0.321. The third-order valence-electron chi connectivity index (χ3n) is 2.32. The Hall–Kier alpha value is -3.08. The van der Waals surface area contributed by atoms with Crippen molar-refractivity contribution in [2.24, 2.45) is 0 Å². The molecule has 0 fully saturated rings. The van der Waals surface area contributed by atoms with Gasteiger partial charge in [-0.05, 0) is 0 Å². The molecule has 0 bridgehead atoms. The number of aromatic amines is 3. The molecule has 0 radical (unpaired) electrons. The Labute approximate surface area is 112 Å². The number of carbonyl (C=O) groups excluding carboxylic acids is 1. The lowest BCUT2D eigenvalue weighted by Crippen LogP contribution is -2.26. The smallest absolute Gasteiger partial charge is 0.325 e. The molecular formula is C12H11N5O3. The van der Waals surface area contributed by atoms with E-state index in [2.05, 4.69) is 37.1 Å². The van der Waals surface area contributed by atoms with Gasteiger partial charge in [-0.25, -0.2) is 9.78 Å². The molecule has 0 spiro atoms. The highest BCUT2D eigenvalue weighted by atomic mass is 16.2. The molecule has 102 valence electrons. The first-order valence-electron chi connectivity index (χ1n) is 5.70. The lowest BCUT2D eigenvalue weighted by molar-refractivity contribution is -0.120. The fourth-order valence-corrected chi connectivity index (χ4v) is 1.40. The average molecular weight is 273 g/mol. The van der Waals surface area contributed by atoms with Gasteiger partial charge in [0.1, 0.15) is 5.56 Å². The molecule has 2 heterocycles. The average Bonchev–Trinajstić information content (AvgIpc) is 2.89. The maximum atomic E-state index is 11.5. The van der Waals surface area contributed by atoms with Crippen molar-refractivity contribution in [3.63, 3.8) is 0 Å². The van der Waals surface area contributed by atoms with Gasteiger partial charge in [0, 0.05) is 18.1 Å². The minimum atomic E-state index is -0.589. The van der Waals surface area contributed by atoms with Crippen LogP contribution < -0.4 is 16.6 Å². The van der Waals surface area contributed by atoms with Crippen molar-refractivity contribution in [2.45, 2.75) is 6.42 Å². The molecule has 0 saturated heterocycles. The van der Waals surface area contributed by atoms with Crippen LogP contribution in [0.1, 0.15) is 11.3 Å². The molecule has 4 N–H and O–H groups in total. The highest BCUT2D eigenvalue weighted by Gasteiger charge is 2.02. The first kappa shape index (κ1) is 13.4. The van der Waals surface area contributed by atoms with Crippen molar-refractivity contribution in [1.29, 1.82) is 0 Å². The zero-order valence-electron chi connectivity index (χ0n) is 10.3. The van der Waals surface area contributed by atoms with Crippen molar-refractivity contribution in [3.05, 3.63) is 50.8 Å². The molecule has 2 aromatic rings. The van der Waals surface area contributed by atoms with E-state index in [1.165, 1.54) is 12.5 Å². The zero-order valence-corrected chi connectivity index (χ0v) is 10.3. The van der Waals surface area contributed by atoms with Crippen molar-refractivity contribution >= 4 is 5.91 Å². The number of carbonyl (C=O) groups is 1. The standard InChI is InChI=1S/C12H11N5O3/c18-10(4-9-6-13-7-16-9)14-3-1-2-8-5-15-12(20)17-11(8)19/h5-7H,3-4H2,(H,13,16)(H,14,18)(H2,15,17,19,20). The molecule has 8 heteroatoms. The van der Waals surface area contributed by atoms with E-state index in [4.69, 9.17) is 0 Å². The van der Waals surface area contributed by atoms with E-state index in [-0.39, 0.29) is 24.4 Å². The fourth-order valence-electron chi connectivity index (χ4n) is 1.40. The normalized spacial score (nSPS) is 9.60. The van der Waals surface area contributed by atoms with Crippen LogP contribution in [0, 0.1) is 11.8 Å². The molecule has 0 aliphatic rings. The van der Waals surface area contributed by atoms with Gasteiger partial charge < -0.3 is 15.3 Å². The van der Waals surface area contributed by atoms with E-state index in [1.54, 1.807) is 6.20 Å². The Kier molecular flexibility index (Phi) is 4.14. The SMILES string of the molecule is O=C(Cc1cnc[nH]1)NCC#Cc1c[nH]c(=O)[nH]c1=O. The summed E-state index contributed by atoms with van der Waals surface area (Å²) in [6.45, 7) is 0.103. The largest absolute Gasteiger partial charge is 0.348 e. The quantitative estimate of drug-likeness (QED) is 0.508. The summed E-state index contributed by atoms with van der Waals surface area (Å²) in [6.07, 6.45) is 4.46. The van der Waals surface area contributed by atoms with E-state index in [0.717, 1.165) is 0 Å². The summed E-state index contributed by atoms with van der Waals surface area (Å²) >= 11 is 0. The molecular weight excluding hydrogens is 262 g/mol. The van der Waals surface area contributed by atoms with E-state index in [1.807, 2.05) is 0 Å². The van der Waals surface area contributed by atoms with Crippen molar-refractivity contribution < 1.29 is 4.79 Å². The number of nitrogens with zero attached hydrogens (tertiary/aromatic N) is 1. The van der Waals surface area contributed by atoms with Gasteiger partial charge in [-0.1, -0.05) is 11.8 Å². The van der Waals surface area contributed by atoms with Crippen LogP contribution in [0.3, 0.4) is 0 Å². The van der Waals surface area contributed by atoms with Crippen LogP contribution in [-0.4, -0.2) is 32.4 Å². The number of nitrogens with one attached hydrogen (secondary N) is 4. The summed E-state index contributed by atoms with van der Waals surface area (Å²) in [4.78, 5) is 44.5. The molecule has 20 heavy (non-hydrogen) atoms. The summed E-state index contributed by atoms with van der Waals surface area (Å²) in [6, 6.07) is 0. The van der Waals surface area contributed by atoms with Gasteiger partial charge in [-0.3, -0.25) is 14.6 Å². The molecule has 8 nitrogen and oxygen atoms in total. The van der Waals surface area contributed by atoms with Crippen LogP contribution in [0.5, 0.6) is 0 Å². The minimum Gasteiger partial charge on any atom is -0.348 e. The van der Waals surface area contributed by atoms with Gasteiger partial charge in [0.25, 0.3) is 5.56 Å². The van der Waals surface area contributed by atoms with Crippen LogP contribution in [0.25, 0.3) is 0 Å². The molecule has 1 amide bonds. The number of hydrogen-bond acceptors (Lipinski definition) is 4. The van der Waals surface area contributed by atoms with Crippen LogP contribution >= 0.6 is 0 Å². The second-order valence-corrected chi connectivity index (χ2v) is 3.82. The maximum Gasteiger partial charge on any atom is 0.325 e. The first-order chi connectivity index (χ1) is 9.65. The van der Waals surface area contributed by atoms with Gasteiger partial charge in [0.15, 0.2) is 0 Å². The molecule has 0 saturated carbocycles. The number of H-pyrrole nitrogens is 3. The lowest BCUT2D eigenvalue weighted by atomic mass is 10.3. The van der Waals surface area contributed by atoms with Gasteiger partial charge in [0.2, 0.25) is 5.91 Å². The van der Waals surface area contributed by atoms with Crippen LogP contribution in [0.15, 0.2) is 28.3 Å². The summed E-state index contributed by atoms with van der Waals surface area (Å²) in [7, 11) is 0. The molecule has 2 aromatic heterocycles. The summed E-state index contributed by atoms with van der Waals surface area (Å²) in [5, 5.41) is 2.58. The van der Waals surface area contributed by atoms with E-state index in [0.29, 0.717) is 5.69 Å². The highest BCUT2D eigenvalue weighted by Crippen LogP contribution is 1.91. The Bertz CT molecular complexity index is 761. The predicted molar refractivity (Wildman–Crippen MR) is 69.9 cm³/mol. The van der Waals surface area contributed by atoms with Gasteiger partial charge in [0.05, 0.1) is 19.3 Å². The van der Waals surface area contributed by atoms with Crippen LogP contribution in [-0.2, 0) is 11.2 Å². The highest BCUT2D eigenvalue weighted by molar-refractivity contribution is 5.78. The Morgan fingerprint density at radius 1 is 1.35 bits per heavy atom. The monoisotopic (exact) mass is 273 g/mol. The van der Waals surface area contributed by atoms with Crippen LogP contribution in [0.2, 0.25) is 0 Å². The number of hydrogen-bond donors (Lipinski definition) is 4. The van der Waals surface area contributed by atoms with E-state index in [9.17, 15) is 14.4 Å². The minimum absolute atomic E-state index is 0.103. The third kappa shape index (κ3) is 3.71. The molecule has 0 aliphatic heterocycles. The lowest BCUT2D eigenvalue weighted by Gasteiger charge is -1.98. The third-order valence-corrected chi connectivity index (χ3v) is 2.32. The van der Waals surface area contributed by atoms with Crippen molar-refractivity contribution in [1.82, 2.24) is 25.3 Å². The molecule has 0 atom stereocenters. The number of imidazole rings is 1. The molecule has 0 unspecified atom stereocenters. The maximum absolute atomic E-state index is 11.5. The second-order valence-electron chi connectivity index (χ2n) is 3.82. The summed E-state index contributed by atoms with van der Waals surface area (Å²) < 4.78 is 0. The Morgan fingerprint density at radius 3 is 2.90 bits per heavy atom. The fraction of sp³-hybridized carbons (Fsp3) is 0.167. The number of amides is 1. The van der Waals surface area contributed by atoms with Gasteiger partial charge >= 0.3 is 5.69 Å². The number of rotatable bonds is 3. The Balaban J connectivity index is 1.87. The zero-order chi connectivity index (χ0) is 14.4. The Morgan fingerprint density at radius 2 is 2.20 bits per heavy atom. The molecule has 0 aliphatic carbocycles. The van der Waals surface area contributed by atoms with E-state index < -0.39 is 11.2 Å². The number of aromatic nitrogens is 4. The summed E-state index contributed by atoms with van der Waals surface area (Å²) in [5.74, 6) is 4.97. The van der Waals surface area contributed by atoms with Gasteiger partial charge in [-0.15, -0.1) is 0 Å². The van der Waals surface area contributed by atoms with Crippen molar-refractivity contribution in [3.8, 4) is 11.8 Å². The van der Waals surface area contributed by atoms with Crippen molar-refractivity contribution in [2.75, 3.05) is 6.54 Å². The molecule has 2 rings (SSSR count). The van der Waals surface area contributed by atoms with Crippen LogP contribution in [0.4, 0.5) is 0 Å². The van der Waals surface area contributed by atoms with E-state index >= 15 is 0 Å². The molecule has 0 aromatic carbocycles. The predicted octanol–water partition coefficient (Wildman–Crippen LogP) is -1.50. The van der Waals surface area contributed by atoms with Gasteiger partial charge in [-0.2, -0.15) is 0 Å². The second kappa shape index (κ2) is 6.19. The topological polar surface area (TPSA) is 123 Å².